The smallest absolute Gasteiger partial charge is 0.407 e. The maximum Gasteiger partial charge on any atom is 0.407 e. The Balaban J connectivity index is 3.05. The molecule has 13 heteroatoms. The highest BCUT2D eigenvalue weighted by atomic mass is 16.6. The lowest BCUT2D eigenvalue weighted by atomic mass is 10.6. The molecule has 0 heterocycles. The summed E-state index contributed by atoms with van der Waals surface area (Å²) in [6.07, 6.45) is 1.01. The van der Waals surface area contributed by atoms with Gasteiger partial charge in [-0.3, -0.25) is 0 Å². The van der Waals surface area contributed by atoms with E-state index in [1.54, 1.807) is 0 Å². The predicted octanol–water partition coefficient (Wildman–Crippen LogP) is 0.00670. The molecule has 0 radical (unpaired) electrons. The molecule has 1 amide bonds. The number of hydrogen-bond acceptors (Lipinski definition) is 12. The van der Waals surface area contributed by atoms with Gasteiger partial charge in [0.1, 0.15) is 6.61 Å². The van der Waals surface area contributed by atoms with E-state index in [-0.39, 0.29) is 6.61 Å². The Morgan fingerprint density at radius 2 is 0.838 bits per heavy atom. The minimum Gasteiger partial charge on any atom is -0.445 e. The highest BCUT2D eigenvalue weighted by Gasteiger charge is 1.99. The Morgan fingerprint density at radius 1 is 0.541 bits per heavy atom. The van der Waals surface area contributed by atoms with E-state index in [1.807, 2.05) is 0 Å². The average molecular weight is 541 g/mol. The van der Waals surface area contributed by atoms with E-state index in [4.69, 9.17) is 53.1 Å². The van der Waals surface area contributed by atoms with E-state index in [1.165, 1.54) is 6.08 Å². The molecule has 13 nitrogen and oxygen atoms in total. The Kier molecular flexibility index (Phi) is 31.4. The van der Waals surface area contributed by atoms with E-state index in [9.17, 15) is 4.79 Å². The largest absolute Gasteiger partial charge is 0.445 e. The zero-order valence-corrected chi connectivity index (χ0v) is 22.2. The maximum atomic E-state index is 11.1. The second kappa shape index (κ2) is 32.6. The fraction of sp³-hybridized carbons (Fsp3) is 0.875. The number of nitrogens with two attached hydrogens (primary N) is 1. The van der Waals surface area contributed by atoms with E-state index in [0.717, 1.165) is 0 Å². The summed E-state index contributed by atoms with van der Waals surface area (Å²) in [6.45, 7) is 13.5. The van der Waals surface area contributed by atoms with Gasteiger partial charge in [-0.1, -0.05) is 12.7 Å². The van der Waals surface area contributed by atoms with Crippen LogP contribution in [0.4, 0.5) is 4.79 Å². The molecule has 0 aromatic heterocycles. The molecule has 0 saturated carbocycles. The summed E-state index contributed by atoms with van der Waals surface area (Å²) in [6, 6.07) is 0. The van der Waals surface area contributed by atoms with Gasteiger partial charge in [0.15, 0.2) is 0 Å². The van der Waals surface area contributed by atoms with Crippen molar-refractivity contribution < 1.29 is 52.2 Å². The summed E-state index contributed by atoms with van der Waals surface area (Å²) in [4.78, 5) is 11.1. The van der Waals surface area contributed by atoms with Crippen molar-refractivity contribution in [1.82, 2.24) is 5.32 Å². The molecule has 220 valence electrons. The molecular weight excluding hydrogens is 492 g/mol. The third-order valence-corrected chi connectivity index (χ3v) is 4.09. The average Bonchev–Trinajstić information content (AvgIpc) is 2.91. The molecule has 0 fully saturated rings. The Bertz CT molecular complexity index is 476. The third kappa shape index (κ3) is 32.6. The molecule has 0 unspecified atom stereocenters. The minimum absolute atomic E-state index is 0.183. The van der Waals surface area contributed by atoms with Gasteiger partial charge >= 0.3 is 6.09 Å². The van der Waals surface area contributed by atoms with E-state index < -0.39 is 6.09 Å². The van der Waals surface area contributed by atoms with E-state index in [0.29, 0.717) is 132 Å². The zero-order valence-electron chi connectivity index (χ0n) is 22.2. The van der Waals surface area contributed by atoms with Crippen molar-refractivity contribution in [2.24, 2.45) is 5.73 Å². The van der Waals surface area contributed by atoms with Gasteiger partial charge < -0.3 is 58.4 Å². The van der Waals surface area contributed by atoms with Crippen LogP contribution in [0.3, 0.4) is 0 Å². The first-order valence-electron chi connectivity index (χ1n) is 12.7. The lowest BCUT2D eigenvalue weighted by molar-refractivity contribution is -0.0248. The van der Waals surface area contributed by atoms with Crippen LogP contribution < -0.4 is 11.1 Å². The summed E-state index contributed by atoms with van der Waals surface area (Å²) >= 11 is 0. The van der Waals surface area contributed by atoms with Gasteiger partial charge in [0.25, 0.3) is 0 Å². The first kappa shape index (κ1) is 35.6. The standard InChI is InChI=1S/C24H48N2O11/c1-2-5-37-24(27)26-4-7-29-9-11-31-13-15-33-17-19-35-21-23-36-22-20-34-18-16-32-14-12-30-10-8-28-6-3-25/h2H,1,3-23,25H2,(H,26,27). The first-order chi connectivity index (χ1) is 18.3. The van der Waals surface area contributed by atoms with Crippen LogP contribution >= 0.6 is 0 Å². The molecule has 0 saturated heterocycles. The number of nitrogens with one attached hydrogen (secondary N) is 1. The van der Waals surface area contributed by atoms with Crippen LogP contribution in [0.25, 0.3) is 0 Å². The van der Waals surface area contributed by atoms with Crippen molar-refractivity contribution in [2.75, 3.05) is 139 Å². The molecular formula is C24H48N2O11. The molecule has 0 aliphatic heterocycles. The molecule has 0 bridgehead atoms. The van der Waals surface area contributed by atoms with Gasteiger partial charge in [-0.15, -0.1) is 0 Å². The van der Waals surface area contributed by atoms with Crippen molar-refractivity contribution >= 4 is 6.09 Å². The fourth-order valence-corrected chi connectivity index (χ4v) is 2.36. The first-order valence-corrected chi connectivity index (χ1v) is 12.7. The number of carbonyl (C=O) groups is 1. The van der Waals surface area contributed by atoms with Gasteiger partial charge in [0, 0.05) is 13.1 Å². The van der Waals surface area contributed by atoms with Gasteiger partial charge in [-0.25, -0.2) is 4.79 Å². The number of rotatable bonds is 31. The molecule has 3 N–H and O–H groups in total. The minimum atomic E-state index is -0.490. The topological polar surface area (TPSA) is 147 Å². The Labute approximate surface area is 221 Å². The fourth-order valence-electron chi connectivity index (χ4n) is 2.36. The summed E-state index contributed by atoms with van der Waals surface area (Å²) in [5, 5.41) is 2.56. The van der Waals surface area contributed by atoms with Crippen molar-refractivity contribution in [3.63, 3.8) is 0 Å². The molecule has 0 atom stereocenters. The molecule has 37 heavy (non-hydrogen) atoms. The maximum absolute atomic E-state index is 11.1. The van der Waals surface area contributed by atoms with Gasteiger partial charge in [0.2, 0.25) is 0 Å². The van der Waals surface area contributed by atoms with Crippen LogP contribution in [0.15, 0.2) is 12.7 Å². The molecule has 0 aliphatic carbocycles. The number of amides is 1. The molecule has 0 spiro atoms. The predicted molar refractivity (Wildman–Crippen MR) is 136 cm³/mol. The monoisotopic (exact) mass is 540 g/mol. The van der Waals surface area contributed by atoms with Crippen molar-refractivity contribution in [1.29, 1.82) is 0 Å². The van der Waals surface area contributed by atoms with Gasteiger partial charge in [-0.05, 0) is 0 Å². The molecule has 0 rings (SSSR count). The zero-order chi connectivity index (χ0) is 26.9. The lowest BCUT2D eigenvalue weighted by Crippen LogP contribution is -2.28. The highest BCUT2D eigenvalue weighted by Crippen LogP contribution is 1.86. The number of ether oxygens (including phenoxy) is 10. The van der Waals surface area contributed by atoms with E-state index in [2.05, 4.69) is 11.9 Å². The normalized spacial score (nSPS) is 11.1. The van der Waals surface area contributed by atoms with Crippen LogP contribution in [0.2, 0.25) is 0 Å². The third-order valence-electron chi connectivity index (χ3n) is 4.09. The SMILES string of the molecule is C=CCOC(=O)NCCOCCOCCOCCOCCOCCOCCOCCOCCOCCN. The summed E-state index contributed by atoms with van der Waals surface area (Å²) in [7, 11) is 0. The summed E-state index contributed by atoms with van der Waals surface area (Å²) < 4.78 is 53.1. The van der Waals surface area contributed by atoms with Crippen molar-refractivity contribution in [2.45, 2.75) is 0 Å². The molecule has 0 aromatic rings. The quantitative estimate of drug-likeness (QED) is 0.0901. The second-order valence-electron chi connectivity index (χ2n) is 7.11. The summed E-state index contributed by atoms with van der Waals surface area (Å²) in [5.74, 6) is 0. The number of alkyl carbamates (subject to hydrolysis) is 1. The lowest BCUT2D eigenvalue weighted by Gasteiger charge is -2.09. The second-order valence-corrected chi connectivity index (χ2v) is 7.11. The summed E-state index contributed by atoms with van der Waals surface area (Å²) in [5.41, 5.74) is 5.32. The highest BCUT2D eigenvalue weighted by molar-refractivity contribution is 5.67. The molecule has 0 aliphatic rings. The number of carbonyl (C=O) groups excluding carboxylic acids is 1. The van der Waals surface area contributed by atoms with Gasteiger partial charge in [-0.2, -0.15) is 0 Å². The van der Waals surface area contributed by atoms with Crippen LogP contribution in [-0.4, -0.2) is 145 Å². The van der Waals surface area contributed by atoms with Crippen molar-refractivity contribution in [3.8, 4) is 0 Å². The molecule has 0 aromatic carbocycles. The Hall–Kier alpha value is -1.39. The van der Waals surface area contributed by atoms with Crippen LogP contribution in [0.1, 0.15) is 0 Å². The van der Waals surface area contributed by atoms with Gasteiger partial charge in [0.05, 0.1) is 119 Å². The van der Waals surface area contributed by atoms with Crippen LogP contribution in [0.5, 0.6) is 0 Å². The van der Waals surface area contributed by atoms with Crippen molar-refractivity contribution in [3.05, 3.63) is 12.7 Å². The van der Waals surface area contributed by atoms with E-state index >= 15 is 0 Å². The number of hydrogen-bond donors (Lipinski definition) is 2. The van der Waals surface area contributed by atoms with Crippen LogP contribution in [-0.2, 0) is 47.4 Å². The Morgan fingerprint density at radius 3 is 1.14 bits per heavy atom. The van der Waals surface area contributed by atoms with Crippen LogP contribution in [0, 0.1) is 0 Å².